The van der Waals surface area contributed by atoms with Crippen LogP contribution in [0.15, 0.2) is 79.5 Å². The van der Waals surface area contributed by atoms with Crippen LogP contribution in [0.3, 0.4) is 0 Å². The summed E-state index contributed by atoms with van der Waals surface area (Å²) in [5.41, 5.74) is 10.6. The van der Waals surface area contributed by atoms with Crippen LogP contribution in [0.25, 0.3) is 16.8 Å². The number of nitrogens with two attached hydrogens (primary N) is 1. The number of nitrogens with zero attached hydrogens (tertiary/aromatic N) is 8. The average molecular weight is 748 g/mol. The number of piperidine rings is 2. The van der Waals surface area contributed by atoms with Gasteiger partial charge in [-0.25, -0.2) is 9.37 Å². The van der Waals surface area contributed by atoms with Crippen LogP contribution in [0, 0.1) is 11.7 Å². The number of carbonyl (C=O) groups excluding carboxylic acids is 3. The predicted octanol–water partition coefficient (Wildman–Crippen LogP) is 3.70. The first-order chi connectivity index (χ1) is 26.7. The standard InChI is InChI=1S/C39H42FN11O4/c1-24(32-17-29(40)5-7-34(32)51-43-11-12-44-51)55-35-16-27(18-42-37(35)41)28-19-45-50(23-28)30-9-13-48(14-10-30)20-25-21-49(22-25)31-4-2-3-26(15-31)38(53)46-33-6-8-36(52)47-39(33)54/h2-5,7,11-12,15-19,23-25,30,33H,6,8-10,13-14,20-22H2,1H3,(H2,41,42)(H,46,53)(H,47,52,54)/t24-,33?/m1/s1. The molecular formula is C39H42FN11O4. The molecule has 3 fully saturated rings. The van der Waals surface area contributed by atoms with E-state index in [0.717, 1.165) is 62.4 Å². The van der Waals surface area contributed by atoms with Crippen molar-refractivity contribution >= 4 is 29.2 Å². The van der Waals surface area contributed by atoms with E-state index in [-0.39, 0.29) is 30.1 Å². The van der Waals surface area contributed by atoms with Crippen LogP contribution in [0.2, 0.25) is 0 Å². The number of pyridine rings is 1. The Morgan fingerprint density at radius 2 is 1.82 bits per heavy atom. The Labute approximate surface area is 316 Å². The van der Waals surface area contributed by atoms with Gasteiger partial charge in [0, 0.05) is 85.4 Å². The van der Waals surface area contributed by atoms with Crippen molar-refractivity contribution in [1.82, 2.24) is 45.3 Å². The molecule has 15 nitrogen and oxygen atoms in total. The number of benzene rings is 2. The Bertz CT molecular complexity index is 2200. The first kappa shape index (κ1) is 35.8. The molecule has 3 aromatic heterocycles. The molecule has 2 atom stereocenters. The second-order valence-corrected chi connectivity index (χ2v) is 14.4. The van der Waals surface area contributed by atoms with Crippen LogP contribution in [0.5, 0.6) is 5.75 Å². The van der Waals surface area contributed by atoms with Crippen molar-refractivity contribution in [2.75, 3.05) is 43.4 Å². The summed E-state index contributed by atoms with van der Waals surface area (Å²) in [6, 6.07) is 13.2. The molecule has 3 aliphatic heterocycles. The fourth-order valence-electron chi connectivity index (χ4n) is 7.57. The maximum atomic E-state index is 14.3. The highest BCUT2D eigenvalue weighted by Crippen LogP contribution is 2.34. The molecule has 4 N–H and O–H groups in total. The summed E-state index contributed by atoms with van der Waals surface area (Å²) in [6.07, 6.45) is 10.6. The quantitative estimate of drug-likeness (QED) is 0.168. The highest BCUT2D eigenvalue weighted by Gasteiger charge is 2.32. The van der Waals surface area contributed by atoms with Crippen molar-refractivity contribution in [2.45, 2.75) is 50.8 Å². The zero-order valence-electron chi connectivity index (χ0n) is 30.3. The molecule has 284 valence electrons. The lowest BCUT2D eigenvalue weighted by molar-refractivity contribution is -0.134. The summed E-state index contributed by atoms with van der Waals surface area (Å²) in [5, 5.41) is 18.1. The van der Waals surface area contributed by atoms with Crippen molar-refractivity contribution in [3.63, 3.8) is 0 Å². The summed E-state index contributed by atoms with van der Waals surface area (Å²) in [4.78, 5) is 47.0. The van der Waals surface area contributed by atoms with Crippen LogP contribution in [0.1, 0.15) is 60.7 Å². The fraction of sp³-hybridized carbons (Fsp3) is 0.359. The maximum Gasteiger partial charge on any atom is 0.252 e. The lowest BCUT2D eigenvalue weighted by atomic mass is 9.96. The number of aromatic nitrogens is 6. The second kappa shape index (κ2) is 15.3. The number of imide groups is 1. The number of nitrogens with one attached hydrogen (secondary N) is 2. The maximum absolute atomic E-state index is 14.3. The predicted molar refractivity (Wildman–Crippen MR) is 201 cm³/mol. The van der Waals surface area contributed by atoms with Gasteiger partial charge < -0.3 is 25.6 Å². The minimum absolute atomic E-state index is 0.212. The number of rotatable bonds is 11. The molecule has 0 spiro atoms. The van der Waals surface area contributed by atoms with Gasteiger partial charge in [0.2, 0.25) is 11.8 Å². The van der Waals surface area contributed by atoms with Gasteiger partial charge in [-0.15, -0.1) is 0 Å². The molecule has 3 aliphatic rings. The third kappa shape index (κ3) is 7.90. The number of ether oxygens (including phenoxy) is 1. The molecule has 2 aromatic carbocycles. The Hall–Kier alpha value is -6.16. The molecule has 0 bridgehead atoms. The zero-order valence-corrected chi connectivity index (χ0v) is 30.3. The third-order valence-electron chi connectivity index (χ3n) is 10.6. The average Bonchev–Trinajstić information content (AvgIpc) is 3.89. The number of likely N-dealkylation sites (tertiary alicyclic amines) is 1. The fourth-order valence-corrected chi connectivity index (χ4v) is 7.57. The molecule has 16 heteroatoms. The second-order valence-electron chi connectivity index (χ2n) is 14.4. The van der Waals surface area contributed by atoms with E-state index in [2.05, 4.69) is 35.6 Å². The Kier molecular flexibility index (Phi) is 9.97. The van der Waals surface area contributed by atoms with Gasteiger partial charge in [0.15, 0.2) is 11.6 Å². The van der Waals surface area contributed by atoms with Crippen molar-refractivity contribution in [2.24, 2.45) is 5.92 Å². The third-order valence-corrected chi connectivity index (χ3v) is 10.6. The van der Waals surface area contributed by atoms with E-state index in [1.165, 1.54) is 16.9 Å². The summed E-state index contributed by atoms with van der Waals surface area (Å²) < 4.78 is 22.6. The Morgan fingerprint density at radius 3 is 2.60 bits per heavy atom. The van der Waals surface area contributed by atoms with Crippen LogP contribution in [0.4, 0.5) is 15.9 Å². The number of halogens is 1. The van der Waals surface area contributed by atoms with Crippen molar-refractivity contribution in [3.05, 3.63) is 96.5 Å². The normalized spacial score (nSPS) is 18.8. The first-order valence-electron chi connectivity index (χ1n) is 18.5. The van der Waals surface area contributed by atoms with E-state index < -0.39 is 23.9 Å². The van der Waals surface area contributed by atoms with Gasteiger partial charge in [-0.3, -0.25) is 24.4 Å². The Balaban J connectivity index is 0.825. The van der Waals surface area contributed by atoms with E-state index in [1.54, 1.807) is 30.7 Å². The lowest BCUT2D eigenvalue weighted by Gasteiger charge is -2.44. The molecule has 5 aromatic rings. The smallest absolute Gasteiger partial charge is 0.252 e. The molecule has 55 heavy (non-hydrogen) atoms. The highest BCUT2D eigenvalue weighted by atomic mass is 19.1. The molecule has 6 heterocycles. The molecular weight excluding hydrogens is 705 g/mol. The van der Waals surface area contributed by atoms with Gasteiger partial charge in [-0.2, -0.15) is 20.1 Å². The van der Waals surface area contributed by atoms with Gasteiger partial charge in [0.25, 0.3) is 5.91 Å². The monoisotopic (exact) mass is 747 g/mol. The van der Waals surface area contributed by atoms with Gasteiger partial charge in [0.1, 0.15) is 18.0 Å². The molecule has 0 saturated carbocycles. The number of anilines is 2. The molecule has 3 amide bonds. The molecule has 0 aliphatic carbocycles. The number of nitrogen functional groups attached to an aromatic ring is 1. The molecule has 3 saturated heterocycles. The summed E-state index contributed by atoms with van der Waals surface area (Å²) in [7, 11) is 0. The number of amides is 3. The van der Waals surface area contributed by atoms with E-state index in [9.17, 15) is 18.8 Å². The van der Waals surface area contributed by atoms with Crippen molar-refractivity contribution < 1.29 is 23.5 Å². The van der Waals surface area contributed by atoms with E-state index >= 15 is 0 Å². The topological polar surface area (TPSA) is 178 Å². The first-order valence-corrected chi connectivity index (χ1v) is 18.5. The molecule has 0 radical (unpaired) electrons. The van der Waals surface area contributed by atoms with E-state index in [1.807, 2.05) is 48.3 Å². The summed E-state index contributed by atoms with van der Waals surface area (Å²) in [6.45, 7) is 6.59. The minimum atomic E-state index is -0.706. The van der Waals surface area contributed by atoms with Crippen LogP contribution in [-0.4, -0.2) is 91.1 Å². The Morgan fingerprint density at radius 1 is 1.02 bits per heavy atom. The van der Waals surface area contributed by atoms with Gasteiger partial charge in [-0.1, -0.05) is 6.07 Å². The number of carbonyl (C=O) groups is 3. The van der Waals surface area contributed by atoms with E-state index in [0.29, 0.717) is 34.9 Å². The van der Waals surface area contributed by atoms with Gasteiger partial charge in [0.05, 0.1) is 30.3 Å². The van der Waals surface area contributed by atoms with Crippen molar-refractivity contribution in [1.29, 1.82) is 0 Å². The number of hydrogen-bond acceptors (Lipinski definition) is 11. The van der Waals surface area contributed by atoms with E-state index in [4.69, 9.17) is 15.6 Å². The lowest BCUT2D eigenvalue weighted by Crippen LogP contribution is -2.53. The minimum Gasteiger partial charge on any atom is -0.482 e. The summed E-state index contributed by atoms with van der Waals surface area (Å²) >= 11 is 0. The van der Waals surface area contributed by atoms with Gasteiger partial charge >= 0.3 is 0 Å². The van der Waals surface area contributed by atoms with Crippen molar-refractivity contribution in [3.8, 4) is 22.6 Å². The van der Waals surface area contributed by atoms with Crippen LogP contribution < -0.4 is 26.0 Å². The molecule has 8 rings (SSSR count). The highest BCUT2D eigenvalue weighted by molar-refractivity contribution is 6.04. The SMILES string of the molecule is C[C@@H](Oc1cc(-c2cnn(C3CCN(CC4CN(c5cccc(C(=O)NC6CCC(=O)NC6=O)c5)C4)CC3)c2)cnc1N)c1cc(F)ccc1-n1nccn1. The van der Waals surface area contributed by atoms with Gasteiger partial charge in [-0.05, 0) is 68.7 Å². The van der Waals surface area contributed by atoms with Crippen LogP contribution in [-0.2, 0) is 9.59 Å². The largest absolute Gasteiger partial charge is 0.482 e. The van der Waals surface area contributed by atoms with Crippen LogP contribution >= 0.6 is 0 Å². The summed E-state index contributed by atoms with van der Waals surface area (Å²) in [5.74, 6) is -0.360. The number of hydrogen-bond donors (Lipinski definition) is 3. The molecule has 1 unspecified atom stereocenters. The zero-order chi connectivity index (χ0) is 38.1.